The third-order valence-electron chi connectivity index (χ3n) is 9.38. The summed E-state index contributed by atoms with van der Waals surface area (Å²) in [6.07, 6.45) is 1.88. The molecule has 8 aromatic rings. The lowest BCUT2D eigenvalue weighted by atomic mass is 9.82. The summed E-state index contributed by atoms with van der Waals surface area (Å²) < 4.78 is 6.26. The number of nitrogens with zero attached hydrogens (tertiary/aromatic N) is 3. The number of hydrogen-bond donors (Lipinski definition) is 0. The summed E-state index contributed by atoms with van der Waals surface area (Å²) in [5.41, 5.74) is 13.3. The van der Waals surface area contributed by atoms with Crippen LogP contribution in [0.5, 0.6) is 0 Å². The first-order valence-electron chi connectivity index (χ1n) is 15.6. The van der Waals surface area contributed by atoms with E-state index >= 15 is 0 Å². The Morgan fingerprint density at radius 2 is 1.20 bits per heavy atom. The van der Waals surface area contributed by atoms with Crippen LogP contribution in [0.3, 0.4) is 0 Å². The van der Waals surface area contributed by atoms with Crippen molar-refractivity contribution < 1.29 is 4.42 Å². The predicted molar refractivity (Wildman–Crippen MR) is 186 cm³/mol. The molecule has 3 heterocycles. The Morgan fingerprint density at radius 3 is 2.09 bits per heavy atom. The predicted octanol–water partition coefficient (Wildman–Crippen LogP) is 10.7. The van der Waals surface area contributed by atoms with Gasteiger partial charge in [0.25, 0.3) is 0 Å². The average molecular weight is 592 g/mol. The van der Waals surface area contributed by atoms with Gasteiger partial charge in [-0.3, -0.25) is 4.98 Å². The van der Waals surface area contributed by atoms with E-state index < -0.39 is 0 Å². The number of para-hydroxylation sites is 1. The molecule has 0 saturated carbocycles. The highest BCUT2D eigenvalue weighted by atomic mass is 16.3. The fourth-order valence-electron chi connectivity index (χ4n) is 7.21. The van der Waals surface area contributed by atoms with Gasteiger partial charge in [-0.05, 0) is 52.6 Å². The second-order valence-electron chi connectivity index (χ2n) is 12.4. The SMILES string of the molecule is CC1(C)c2ccccc2-c2c(-c3ncccc3-c3cc(-c4cccc5oc6ccccc6c45)nc(-c4ccccc4)n3)cccc21. The van der Waals surface area contributed by atoms with Gasteiger partial charge in [0.05, 0.1) is 17.1 Å². The van der Waals surface area contributed by atoms with Gasteiger partial charge in [-0.25, -0.2) is 9.97 Å². The number of rotatable bonds is 4. The van der Waals surface area contributed by atoms with Crippen LogP contribution in [-0.2, 0) is 5.41 Å². The zero-order chi connectivity index (χ0) is 30.8. The van der Waals surface area contributed by atoms with E-state index in [2.05, 4.69) is 98.8 Å². The van der Waals surface area contributed by atoms with Gasteiger partial charge in [0.2, 0.25) is 0 Å². The molecule has 4 heteroatoms. The smallest absolute Gasteiger partial charge is 0.160 e. The summed E-state index contributed by atoms with van der Waals surface area (Å²) in [4.78, 5) is 15.4. The van der Waals surface area contributed by atoms with Crippen molar-refractivity contribution >= 4 is 21.9 Å². The van der Waals surface area contributed by atoms with Gasteiger partial charge >= 0.3 is 0 Å². The standard InChI is InChI=1S/C42H29N3O/c1-42(2)32-20-8-6-15-27(32)38-31(18-10-21-33(38)42)40-29(19-12-24-43-40)35-25-34(44-41(45-35)26-13-4-3-5-14-26)28-17-11-23-37-39(28)30-16-7-9-22-36(30)46-37/h3-25H,1-2H3. The van der Waals surface area contributed by atoms with Crippen LogP contribution >= 0.6 is 0 Å². The highest BCUT2D eigenvalue weighted by Crippen LogP contribution is 2.52. The maximum atomic E-state index is 6.26. The van der Waals surface area contributed by atoms with E-state index in [0.717, 1.165) is 61.3 Å². The van der Waals surface area contributed by atoms with Gasteiger partial charge in [0, 0.05) is 44.6 Å². The molecule has 0 aliphatic heterocycles. The average Bonchev–Trinajstić information content (AvgIpc) is 3.61. The van der Waals surface area contributed by atoms with Gasteiger partial charge in [-0.1, -0.05) is 117 Å². The Morgan fingerprint density at radius 1 is 0.543 bits per heavy atom. The minimum absolute atomic E-state index is 0.106. The largest absolute Gasteiger partial charge is 0.456 e. The van der Waals surface area contributed by atoms with Gasteiger partial charge in [0.15, 0.2) is 5.82 Å². The Balaban J connectivity index is 1.31. The Hall–Kier alpha value is -5.87. The molecule has 0 amide bonds. The quantitative estimate of drug-likeness (QED) is 0.204. The molecule has 0 saturated heterocycles. The molecule has 0 bridgehead atoms. The first-order valence-corrected chi connectivity index (χ1v) is 15.6. The van der Waals surface area contributed by atoms with Gasteiger partial charge < -0.3 is 4.42 Å². The van der Waals surface area contributed by atoms with Crippen molar-refractivity contribution in [1.82, 2.24) is 15.0 Å². The maximum absolute atomic E-state index is 6.26. The molecule has 3 aromatic heterocycles. The first-order chi connectivity index (χ1) is 22.6. The van der Waals surface area contributed by atoms with Crippen molar-refractivity contribution in [2.75, 3.05) is 0 Å². The summed E-state index contributed by atoms with van der Waals surface area (Å²) in [6, 6.07) is 46.1. The number of hydrogen-bond acceptors (Lipinski definition) is 4. The second-order valence-corrected chi connectivity index (χ2v) is 12.4. The molecule has 5 aromatic carbocycles. The number of aromatic nitrogens is 3. The summed E-state index contributed by atoms with van der Waals surface area (Å²) >= 11 is 0. The monoisotopic (exact) mass is 591 g/mol. The third-order valence-corrected chi connectivity index (χ3v) is 9.38. The summed E-state index contributed by atoms with van der Waals surface area (Å²) in [6.45, 7) is 4.62. The molecule has 218 valence electrons. The van der Waals surface area contributed by atoms with Crippen LogP contribution in [0.1, 0.15) is 25.0 Å². The zero-order valence-corrected chi connectivity index (χ0v) is 25.5. The van der Waals surface area contributed by atoms with Crippen LogP contribution in [0.15, 0.2) is 144 Å². The van der Waals surface area contributed by atoms with Crippen molar-refractivity contribution in [3.8, 4) is 56.3 Å². The van der Waals surface area contributed by atoms with Gasteiger partial charge in [0.1, 0.15) is 11.2 Å². The number of fused-ring (bicyclic) bond motifs is 6. The maximum Gasteiger partial charge on any atom is 0.160 e. The molecular formula is C42H29N3O. The molecule has 9 rings (SSSR count). The fourth-order valence-corrected chi connectivity index (χ4v) is 7.21. The van der Waals surface area contributed by atoms with E-state index in [4.69, 9.17) is 19.4 Å². The van der Waals surface area contributed by atoms with Crippen LogP contribution in [0.4, 0.5) is 0 Å². The Bertz CT molecular complexity index is 2460. The minimum Gasteiger partial charge on any atom is -0.456 e. The number of pyridine rings is 1. The molecule has 0 radical (unpaired) electrons. The molecule has 0 N–H and O–H groups in total. The summed E-state index contributed by atoms with van der Waals surface area (Å²) in [5.74, 6) is 0.664. The van der Waals surface area contributed by atoms with Crippen molar-refractivity contribution in [2.45, 2.75) is 19.3 Å². The summed E-state index contributed by atoms with van der Waals surface area (Å²) in [5, 5.41) is 2.12. The topological polar surface area (TPSA) is 51.8 Å². The van der Waals surface area contributed by atoms with Gasteiger partial charge in [-0.15, -0.1) is 0 Å². The molecule has 46 heavy (non-hydrogen) atoms. The van der Waals surface area contributed by atoms with E-state index in [0.29, 0.717) is 5.82 Å². The molecule has 1 aliphatic rings. The van der Waals surface area contributed by atoms with Crippen molar-refractivity contribution in [3.05, 3.63) is 151 Å². The van der Waals surface area contributed by atoms with Gasteiger partial charge in [-0.2, -0.15) is 0 Å². The van der Waals surface area contributed by atoms with E-state index in [-0.39, 0.29) is 5.41 Å². The van der Waals surface area contributed by atoms with E-state index in [1.807, 2.05) is 54.7 Å². The molecule has 1 aliphatic carbocycles. The van der Waals surface area contributed by atoms with Crippen LogP contribution < -0.4 is 0 Å². The van der Waals surface area contributed by atoms with E-state index in [1.54, 1.807) is 0 Å². The molecule has 0 fully saturated rings. The third kappa shape index (κ3) is 3.97. The lowest BCUT2D eigenvalue weighted by Gasteiger charge is -2.21. The molecule has 0 unspecified atom stereocenters. The molecular weight excluding hydrogens is 562 g/mol. The fraction of sp³-hybridized carbons (Fsp3) is 0.0714. The van der Waals surface area contributed by atoms with Crippen LogP contribution in [0.25, 0.3) is 78.2 Å². The van der Waals surface area contributed by atoms with E-state index in [1.165, 1.54) is 22.3 Å². The number of benzene rings is 5. The van der Waals surface area contributed by atoms with Crippen molar-refractivity contribution in [3.63, 3.8) is 0 Å². The lowest BCUT2D eigenvalue weighted by Crippen LogP contribution is -2.14. The number of furan rings is 1. The zero-order valence-electron chi connectivity index (χ0n) is 25.5. The Kier molecular flexibility index (Phi) is 5.81. The van der Waals surface area contributed by atoms with Crippen molar-refractivity contribution in [1.29, 1.82) is 0 Å². The highest BCUT2D eigenvalue weighted by molar-refractivity contribution is 6.12. The van der Waals surface area contributed by atoms with Crippen LogP contribution in [0, 0.1) is 0 Å². The normalized spacial score (nSPS) is 13.2. The summed E-state index contributed by atoms with van der Waals surface area (Å²) in [7, 11) is 0. The lowest BCUT2D eigenvalue weighted by molar-refractivity contribution is 0.660. The van der Waals surface area contributed by atoms with Crippen LogP contribution in [-0.4, -0.2) is 15.0 Å². The van der Waals surface area contributed by atoms with Crippen LogP contribution in [0.2, 0.25) is 0 Å². The Labute approximate surface area is 267 Å². The molecule has 4 nitrogen and oxygen atoms in total. The van der Waals surface area contributed by atoms with E-state index in [9.17, 15) is 0 Å². The first kappa shape index (κ1) is 26.5. The molecule has 0 atom stereocenters. The minimum atomic E-state index is -0.106. The molecule has 0 spiro atoms. The van der Waals surface area contributed by atoms with Crippen molar-refractivity contribution in [2.24, 2.45) is 0 Å². The second kappa shape index (κ2) is 10.1. The highest BCUT2D eigenvalue weighted by Gasteiger charge is 2.37.